The maximum absolute atomic E-state index is 13.4. The molecular formula is C23H35N7O4. The van der Waals surface area contributed by atoms with Crippen molar-refractivity contribution < 1.29 is 19.6 Å². The maximum atomic E-state index is 13.4. The number of carbonyl (C=O) groups excluding carboxylic acids is 3. The number of nitrogens with one attached hydrogen (secondary N) is 2. The van der Waals surface area contributed by atoms with E-state index in [-0.39, 0.29) is 18.4 Å². The van der Waals surface area contributed by atoms with E-state index >= 15 is 0 Å². The van der Waals surface area contributed by atoms with Crippen LogP contribution in [0.25, 0.3) is 0 Å². The quantitative estimate of drug-likeness (QED) is 0.279. The van der Waals surface area contributed by atoms with Gasteiger partial charge in [-0.25, -0.2) is 15.5 Å². The number of amides is 3. The molecule has 11 nitrogen and oxygen atoms in total. The second-order valence-electron chi connectivity index (χ2n) is 9.80. The van der Waals surface area contributed by atoms with Crippen LogP contribution in [-0.2, 0) is 14.4 Å². The van der Waals surface area contributed by atoms with Crippen LogP contribution in [0.4, 0.5) is 11.8 Å². The second-order valence-corrected chi connectivity index (χ2v) is 9.80. The molecule has 1 aromatic rings. The van der Waals surface area contributed by atoms with Gasteiger partial charge in [-0.05, 0) is 37.2 Å². The van der Waals surface area contributed by atoms with Crippen LogP contribution in [0.1, 0.15) is 51.9 Å². The standard InChI is InChI=1S/C23H35N7O4/c1-16-8-11-28(13-16)23-24-9-7-20(27-23)26-21(32)19-6-10-25-30(19)22(33)18(14-29(34)15-31)12-17-4-2-3-5-17/h7,9,15-19,25,34H,2-6,8,10-14H2,1H3,(H,24,26,27,32). The van der Waals surface area contributed by atoms with Crippen molar-refractivity contribution in [3.05, 3.63) is 12.3 Å². The van der Waals surface area contributed by atoms with Gasteiger partial charge >= 0.3 is 0 Å². The fraction of sp³-hybridized carbons (Fsp3) is 0.696. The summed E-state index contributed by atoms with van der Waals surface area (Å²) in [6.45, 7) is 4.36. The fourth-order valence-electron chi connectivity index (χ4n) is 5.30. The van der Waals surface area contributed by atoms with Gasteiger partial charge in [-0.15, -0.1) is 0 Å². The number of anilines is 2. The first-order chi connectivity index (χ1) is 16.4. The third-order valence-electron chi connectivity index (χ3n) is 7.12. The number of hydrazine groups is 1. The average Bonchev–Trinajstić information content (AvgIpc) is 3.60. The zero-order valence-corrected chi connectivity index (χ0v) is 19.7. The van der Waals surface area contributed by atoms with E-state index in [0.717, 1.165) is 45.2 Å². The predicted octanol–water partition coefficient (Wildman–Crippen LogP) is 1.41. The molecule has 3 heterocycles. The van der Waals surface area contributed by atoms with E-state index in [1.165, 1.54) is 5.01 Å². The minimum Gasteiger partial charge on any atom is -0.340 e. The van der Waals surface area contributed by atoms with Gasteiger partial charge in [0, 0.05) is 25.8 Å². The largest absolute Gasteiger partial charge is 0.340 e. The van der Waals surface area contributed by atoms with Crippen molar-refractivity contribution >= 4 is 30.0 Å². The van der Waals surface area contributed by atoms with Crippen LogP contribution in [0.2, 0.25) is 0 Å². The van der Waals surface area contributed by atoms with Gasteiger partial charge in [0.15, 0.2) is 0 Å². The molecule has 4 rings (SSSR count). The highest BCUT2D eigenvalue weighted by molar-refractivity contribution is 5.97. The Morgan fingerprint density at radius 2 is 2.12 bits per heavy atom. The normalized spacial score (nSPS) is 23.8. The summed E-state index contributed by atoms with van der Waals surface area (Å²) in [6.07, 6.45) is 8.42. The first kappa shape index (κ1) is 24.3. The summed E-state index contributed by atoms with van der Waals surface area (Å²) < 4.78 is 0. The van der Waals surface area contributed by atoms with Gasteiger partial charge in [-0.3, -0.25) is 24.6 Å². The number of rotatable bonds is 9. The van der Waals surface area contributed by atoms with Gasteiger partial charge in [0.2, 0.25) is 24.2 Å². The fourth-order valence-corrected chi connectivity index (χ4v) is 5.30. The van der Waals surface area contributed by atoms with E-state index < -0.39 is 12.0 Å². The van der Waals surface area contributed by atoms with Gasteiger partial charge in [-0.2, -0.15) is 4.98 Å². The van der Waals surface area contributed by atoms with Crippen molar-refractivity contribution in [2.24, 2.45) is 17.8 Å². The Morgan fingerprint density at radius 3 is 2.82 bits per heavy atom. The Labute approximate surface area is 199 Å². The number of nitrogens with zero attached hydrogens (tertiary/aromatic N) is 5. The number of carbonyl (C=O) groups is 3. The number of hydrogen-bond acceptors (Lipinski definition) is 8. The molecule has 2 saturated heterocycles. The lowest BCUT2D eigenvalue weighted by Gasteiger charge is -2.29. The summed E-state index contributed by atoms with van der Waals surface area (Å²) in [5, 5.41) is 14.5. The van der Waals surface area contributed by atoms with Crippen molar-refractivity contribution in [2.45, 2.75) is 57.9 Å². The Kier molecular flexibility index (Phi) is 7.94. The SMILES string of the molecule is CC1CCN(c2nccc(NC(=O)C3CCNN3C(=O)C(CC3CCCC3)CN(O)C=O)n2)C1. The Bertz CT molecular complexity index is 879. The highest BCUT2D eigenvalue weighted by Gasteiger charge is 2.39. The lowest BCUT2D eigenvalue weighted by molar-refractivity contribution is -0.159. The van der Waals surface area contributed by atoms with Gasteiger partial charge in [-0.1, -0.05) is 32.6 Å². The molecule has 1 aliphatic carbocycles. The number of hydroxylamine groups is 2. The van der Waals surface area contributed by atoms with Crippen LogP contribution >= 0.6 is 0 Å². The molecule has 0 radical (unpaired) electrons. The molecule has 3 amide bonds. The summed E-state index contributed by atoms with van der Waals surface area (Å²) in [6, 6.07) is 0.943. The highest BCUT2D eigenvalue weighted by atomic mass is 16.5. The second kappa shape index (κ2) is 11.1. The minimum atomic E-state index is -0.702. The molecule has 3 N–H and O–H groups in total. The predicted molar refractivity (Wildman–Crippen MR) is 125 cm³/mol. The topological polar surface area (TPSA) is 131 Å². The lowest BCUT2D eigenvalue weighted by Crippen LogP contribution is -2.51. The van der Waals surface area contributed by atoms with Crippen molar-refractivity contribution in [3.8, 4) is 0 Å². The molecular weight excluding hydrogens is 438 g/mol. The van der Waals surface area contributed by atoms with Crippen molar-refractivity contribution in [1.82, 2.24) is 25.5 Å². The van der Waals surface area contributed by atoms with E-state index in [1.54, 1.807) is 12.3 Å². The summed E-state index contributed by atoms with van der Waals surface area (Å²) in [4.78, 5) is 48.5. The summed E-state index contributed by atoms with van der Waals surface area (Å²) in [7, 11) is 0. The zero-order chi connectivity index (χ0) is 24.1. The molecule has 11 heteroatoms. The van der Waals surface area contributed by atoms with Gasteiger partial charge in [0.05, 0.1) is 12.5 Å². The van der Waals surface area contributed by atoms with Crippen molar-refractivity contribution in [1.29, 1.82) is 0 Å². The van der Waals surface area contributed by atoms with E-state index in [4.69, 9.17) is 0 Å². The number of aromatic nitrogens is 2. The zero-order valence-electron chi connectivity index (χ0n) is 19.7. The monoisotopic (exact) mass is 473 g/mol. The summed E-state index contributed by atoms with van der Waals surface area (Å²) in [5.41, 5.74) is 3.02. The summed E-state index contributed by atoms with van der Waals surface area (Å²) >= 11 is 0. The van der Waals surface area contributed by atoms with Crippen LogP contribution in [0, 0.1) is 17.8 Å². The molecule has 0 bridgehead atoms. The van der Waals surface area contributed by atoms with Crippen LogP contribution in [0.5, 0.6) is 0 Å². The van der Waals surface area contributed by atoms with E-state index in [0.29, 0.717) is 54.5 Å². The third-order valence-corrected chi connectivity index (χ3v) is 7.12. The third kappa shape index (κ3) is 5.82. The van der Waals surface area contributed by atoms with Crippen LogP contribution in [-0.4, -0.2) is 75.7 Å². The Morgan fingerprint density at radius 1 is 1.32 bits per heavy atom. The van der Waals surface area contributed by atoms with E-state index in [9.17, 15) is 19.6 Å². The molecule has 3 unspecified atom stereocenters. The molecule has 0 aromatic carbocycles. The maximum Gasteiger partial charge on any atom is 0.250 e. The molecule has 0 spiro atoms. The molecule has 2 aliphatic heterocycles. The van der Waals surface area contributed by atoms with Crippen LogP contribution < -0.4 is 15.6 Å². The van der Waals surface area contributed by atoms with Crippen LogP contribution in [0.3, 0.4) is 0 Å². The molecule has 186 valence electrons. The number of hydrogen-bond donors (Lipinski definition) is 3. The average molecular weight is 474 g/mol. The van der Waals surface area contributed by atoms with Crippen LogP contribution in [0.15, 0.2) is 12.3 Å². The summed E-state index contributed by atoms with van der Waals surface area (Å²) in [5.74, 6) is 0.774. The molecule has 1 aromatic heterocycles. The first-order valence-corrected chi connectivity index (χ1v) is 12.3. The molecule has 3 aliphatic rings. The Hall–Kier alpha value is -2.79. The van der Waals surface area contributed by atoms with E-state index in [2.05, 4.69) is 32.5 Å². The molecule has 34 heavy (non-hydrogen) atoms. The van der Waals surface area contributed by atoms with Gasteiger partial charge < -0.3 is 10.2 Å². The first-order valence-electron chi connectivity index (χ1n) is 12.3. The van der Waals surface area contributed by atoms with Crippen molar-refractivity contribution in [2.75, 3.05) is 36.4 Å². The smallest absolute Gasteiger partial charge is 0.250 e. The molecule has 3 fully saturated rings. The van der Waals surface area contributed by atoms with Gasteiger partial charge in [0.1, 0.15) is 11.9 Å². The van der Waals surface area contributed by atoms with Crippen molar-refractivity contribution in [3.63, 3.8) is 0 Å². The van der Waals surface area contributed by atoms with Gasteiger partial charge in [0.25, 0.3) is 0 Å². The highest BCUT2D eigenvalue weighted by Crippen LogP contribution is 2.32. The Balaban J connectivity index is 1.42. The lowest BCUT2D eigenvalue weighted by atomic mass is 9.92. The molecule has 3 atom stereocenters. The molecule has 1 saturated carbocycles. The minimum absolute atomic E-state index is 0.0884. The van der Waals surface area contributed by atoms with E-state index in [1.807, 2.05) is 0 Å².